The summed E-state index contributed by atoms with van der Waals surface area (Å²) >= 11 is 0. The van der Waals surface area contributed by atoms with Gasteiger partial charge >= 0.3 is 0 Å². The molecule has 1 rings (SSSR count). The third-order valence-corrected chi connectivity index (χ3v) is 1.70. The summed E-state index contributed by atoms with van der Waals surface area (Å²) in [6, 6.07) is 0. The van der Waals surface area contributed by atoms with Crippen molar-refractivity contribution in [2.24, 2.45) is 5.73 Å². The zero-order chi connectivity index (χ0) is 9.84. The van der Waals surface area contributed by atoms with Gasteiger partial charge < -0.3 is 10.6 Å². The van der Waals surface area contributed by atoms with Crippen molar-refractivity contribution in [1.82, 2.24) is 9.97 Å². The summed E-state index contributed by atoms with van der Waals surface area (Å²) in [5.41, 5.74) is 5.86. The van der Waals surface area contributed by atoms with Crippen LogP contribution in [0, 0.1) is 0 Å². The van der Waals surface area contributed by atoms with Gasteiger partial charge in [-0.1, -0.05) is 0 Å². The molecular weight excluding hydrogens is 168 g/mol. The molecule has 1 aromatic rings. The number of hydrogen-bond acceptors (Lipinski definition) is 4. The Balaban J connectivity index is 2.99. The topological polar surface area (TPSA) is 75.0 Å². The van der Waals surface area contributed by atoms with E-state index in [1.165, 1.54) is 0 Å². The van der Waals surface area contributed by atoms with E-state index in [1.54, 1.807) is 11.1 Å². The molecule has 1 aromatic heterocycles. The molecule has 0 aliphatic heterocycles. The van der Waals surface area contributed by atoms with Gasteiger partial charge in [0.05, 0.1) is 0 Å². The number of nitrogens with zero attached hydrogens (tertiary/aromatic N) is 2. The molecule has 0 atom stereocenters. The van der Waals surface area contributed by atoms with Gasteiger partial charge in [0.15, 0.2) is 0 Å². The van der Waals surface area contributed by atoms with E-state index in [9.17, 15) is 4.79 Å². The fraction of sp³-hybridized carbons (Fsp3) is 0.500. The highest BCUT2D eigenvalue weighted by atomic mass is 16.1. The van der Waals surface area contributed by atoms with Crippen molar-refractivity contribution >= 4 is 5.95 Å². The Morgan fingerprint density at radius 1 is 1.62 bits per heavy atom. The van der Waals surface area contributed by atoms with Crippen molar-refractivity contribution in [2.75, 3.05) is 25.5 Å². The molecule has 72 valence electrons. The van der Waals surface area contributed by atoms with Crippen molar-refractivity contribution in [3.05, 3.63) is 22.1 Å². The van der Waals surface area contributed by atoms with Gasteiger partial charge in [0.1, 0.15) is 0 Å². The number of hydrogen-bond donors (Lipinski definition) is 2. The molecule has 0 radical (unpaired) electrons. The van der Waals surface area contributed by atoms with Crippen molar-refractivity contribution in [1.29, 1.82) is 0 Å². The molecule has 5 nitrogen and oxygen atoms in total. The van der Waals surface area contributed by atoms with Gasteiger partial charge in [0, 0.05) is 25.9 Å². The van der Waals surface area contributed by atoms with E-state index in [-0.39, 0.29) is 5.56 Å². The molecule has 0 unspecified atom stereocenters. The third kappa shape index (κ3) is 2.29. The first-order chi connectivity index (χ1) is 6.15. The Hall–Kier alpha value is -1.36. The fourth-order valence-electron chi connectivity index (χ4n) is 0.973. The predicted molar refractivity (Wildman–Crippen MR) is 51.9 cm³/mol. The van der Waals surface area contributed by atoms with Gasteiger partial charge in [-0.05, 0) is 13.0 Å². The third-order valence-electron chi connectivity index (χ3n) is 1.70. The molecular formula is C8H14N4O. The average Bonchev–Trinajstić information content (AvgIpc) is 2.08. The SMILES string of the molecule is CN(C)c1ncc(CCN)c(=O)[nH]1. The maximum atomic E-state index is 11.4. The minimum Gasteiger partial charge on any atom is -0.348 e. The summed E-state index contributed by atoms with van der Waals surface area (Å²) in [5, 5.41) is 0. The van der Waals surface area contributed by atoms with Crippen LogP contribution in [0.5, 0.6) is 0 Å². The zero-order valence-electron chi connectivity index (χ0n) is 7.87. The van der Waals surface area contributed by atoms with Gasteiger partial charge in [0.2, 0.25) is 5.95 Å². The quantitative estimate of drug-likeness (QED) is 0.650. The highest BCUT2D eigenvalue weighted by Crippen LogP contribution is 1.98. The predicted octanol–water partition coefficient (Wildman–Crippen LogP) is -0.663. The average molecular weight is 182 g/mol. The smallest absolute Gasteiger partial charge is 0.255 e. The molecule has 5 heteroatoms. The van der Waals surface area contributed by atoms with Crippen LogP contribution in [0.15, 0.2) is 11.0 Å². The van der Waals surface area contributed by atoms with Gasteiger partial charge in [-0.2, -0.15) is 0 Å². The van der Waals surface area contributed by atoms with E-state index in [0.29, 0.717) is 24.5 Å². The van der Waals surface area contributed by atoms with Crippen molar-refractivity contribution in [3.63, 3.8) is 0 Å². The normalized spacial score (nSPS) is 10.1. The first-order valence-corrected chi connectivity index (χ1v) is 4.10. The molecule has 0 aliphatic carbocycles. The minimum absolute atomic E-state index is 0.107. The highest BCUT2D eigenvalue weighted by Gasteiger charge is 2.02. The fourth-order valence-corrected chi connectivity index (χ4v) is 0.973. The molecule has 0 aliphatic rings. The number of aromatic nitrogens is 2. The minimum atomic E-state index is -0.107. The van der Waals surface area contributed by atoms with E-state index >= 15 is 0 Å². The standard InChI is InChI=1S/C8H14N4O/c1-12(2)8-10-5-6(3-4-9)7(13)11-8/h5H,3-4,9H2,1-2H3,(H,10,11,13). The largest absolute Gasteiger partial charge is 0.348 e. The zero-order valence-corrected chi connectivity index (χ0v) is 7.87. The maximum absolute atomic E-state index is 11.4. The van der Waals surface area contributed by atoms with E-state index < -0.39 is 0 Å². The Bertz CT molecular complexity index is 331. The molecule has 13 heavy (non-hydrogen) atoms. The van der Waals surface area contributed by atoms with Crippen molar-refractivity contribution < 1.29 is 0 Å². The maximum Gasteiger partial charge on any atom is 0.255 e. The van der Waals surface area contributed by atoms with E-state index in [2.05, 4.69) is 9.97 Å². The number of nitrogens with two attached hydrogens (primary N) is 1. The van der Waals surface area contributed by atoms with Crippen LogP contribution < -0.4 is 16.2 Å². The van der Waals surface area contributed by atoms with Gasteiger partial charge in [-0.15, -0.1) is 0 Å². The molecule has 0 aromatic carbocycles. The van der Waals surface area contributed by atoms with E-state index in [4.69, 9.17) is 5.73 Å². The Morgan fingerprint density at radius 3 is 2.77 bits per heavy atom. The summed E-state index contributed by atoms with van der Waals surface area (Å²) < 4.78 is 0. The van der Waals surface area contributed by atoms with Crippen molar-refractivity contribution in [2.45, 2.75) is 6.42 Å². The van der Waals surface area contributed by atoms with Crippen LogP contribution in [0.1, 0.15) is 5.56 Å². The molecule has 0 saturated heterocycles. The summed E-state index contributed by atoms with van der Waals surface area (Å²) in [5.74, 6) is 0.561. The van der Waals surface area contributed by atoms with Crippen molar-refractivity contribution in [3.8, 4) is 0 Å². The van der Waals surface area contributed by atoms with Gasteiger partial charge in [0.25, 0.3) is 5.56 Å². The second-order valence-corrected chi connectivity index (χ2v) is 2.99. The molecule has 0 saturated carbocycles. The molecule has 0 fully saturated rings. The lowest BCUT2D eigenvalue weighted by Gasteiger charge is -2.10. The van der Waals surface area contributed by atoms with Crippen LogP contribution in [0.2, 0.25) is 0 Å². The second-order valence-electron chi connectivity index (χ2n) is 2.99. The number of nitrogens with one attached hydrogen (secondary N) is 1. The van der Waals surface area contributed by atoms with Crippen LogP contribution >= 0.6 is 0 Å². The number of aromatic amines is 1. The Kier molecular flexibility index (Phi) is 3.02. The Labute approximate surface area is 76.6 Å². The van der Waals surface area contributed by atoms with Crippen LogP contribution in [-0.2, 0) is 6.42 Å². The number of rotatable bonds is 3. The van der Waals surface area contributed by atoms with E-state index in [0.717, 1.165) is 0 Å². The summed E-state index contributed by atoms with van der Waals surface area (Å²) in [7, 11) is 3.64. The van der Waals surface area contributed by atoms with Gasteiger partial charge in [-0.3, -0.25) is 9.78 Å². The summed E-state index contributed by atoms with van der Waals surface area (Å²) in [6.07, 6.45) is 2.14. The number of H-pyrrole nitrogens is 1. The summed E-state index contributed by atoms with van der Waals surface area (Å²) in [6.45, 7) is 0.464. The van der Waals surface area contributed by atoms with E-state index in [1.807, 2.05) is 14.1 Å². The highest BCUT2D eigenvalue weighted by molar-refractivity contribution is 5.26. The lowest BCUT2D eigenvalue weighted by Crippen LogP contribution is -2.22. The molecule has 3 N–H and O–H groups in total. The van der Waals surface area contributed by atoms with Crippen LogP contribution in [-0.4, -0.2) is 30.6 Å². The first kappa shape index (κ1) is 9.73. The molecule has 0 bridgehead atoms. The van der Waals surface area contributed by atoms with Crippen LogP contribution in [0.4, 0.5) is 5.95 Å². The van der Waals surface area contributed by atoms with Crippen LogP contribution in [0.3, 0.4) is 0 Å². The summed E-state index contributed by atoms with van der Waals surface area (Å²) in [4.78, 5) is 19.8. The molecule has 0 amide bonds. The monoisotopic (exact) mass is 182 g/mol. The first-order valence-electron chi connectivity index (χ1n) is 4.10. The van der Waals surface area contributed by atoms with Gasteiger partial charge in [-0.25, -0.2) is 4.98 Å². The molecule has 1 heterocycles. The lowest BCUT2D eigenvalue weighted by molar-refractivity contribution is 0.901. The van der Waals surface area contributed by atoms with Crippen LogP contribution in [0.25, 0.3) is 0 Å². The molecule has 0 spiro atoms. The lowest BCUT2D eigenvalue weighted by atomic mass is 10.2. The number of anilines is 1. The Morgan fingerprint density at radius 2 is 2.31 bits per heavy atom. The second kappa shape index (κ2) is 4.04.